The number of phenols is 1. The molecule has 0 radical (unpaired) electrons. The van der Waals surface area contributed by atoms with Crippen molar-refractivity contribution >= 4 is 11.8 Å². The van der Waals surface area contributed by atoms with E-state index in [9.17, 15) is 14.7 Å². The predicted octanol–water partition coefficient (Wildman–Crippen LogP) is 4.08. The van der Waals surface area contributed by atoms with Crippen LogP contribution in [0, 0.1) is 0 Å². The van der Waals surface area contributed by atoms with Crippen molar-refractivity contribution in [3.05, 3.63) is 95.6 Å². The first-order valence-electron chi connectivity index (χ1n) is 13.5. The maximum absolute atomic E-state index is 13.6. The summed E-state index contributed by atoms with van der Waals surface area (Å²) in [6, 6.07) is 15.8. The SMILES string of the molecule is COc1cc2c3cc1Oc1ccc(O)c(c1)C(=O)NCCCOc1cccc(c1)C2N(C(=O)Cn1ccnc1)CC3. The number of nitrogens with one attached hydrogen (secondary N) is 1. The van der Waals surface area contributed by atoms with E-state index in [4.69, 9.17) is 14.2 Å². The van der Waals surface area contributed by atoms with Crippen molar-refractivity contribution in [1.29, 1.82) is 0 Å². The highest BCUT2D eigenvalue weighted by molar-refractivity contribution is 5.97. The molecule has 2 N–H and O–H groups in total. The number of aromatic nitrogens is 2. The molecule has 10 heteroatoms. The molecule has 4 aromatic rings. The minimum absolute atomic E-state index is 0.0289. The number of amides is 2. The van der Waals surface area contributed by atoms with E-state index < -0.39 is 5.91 Å². The molecule has 7 rings (SSSR count). The Morgan fingerprint density at radius 2 is 2.07 bits per heavy atom. The van der Waals surface area contributed by atoms with Crippen LogP contribution in [0.25, 0.3) is 0 Å². The van der Waals surface area contributed by atoms with Crippen LogP contribution in [0.5, 0.6) is 28.7 Å². The molecule has 1 unspecified atom stereocenters. The summed E-state index contributed by atoms with van der Waals surface area (Å²) in [5, 5.41) is 13.2. The van der Waals surface area contributed by atoms with Gasteiger partial charge in [-0.15, -0.1) is 0 Å². The highest BCUT2D eigenvalue weighted by Crippen LogP contribution is 2.43. The van der Waals surface area contributed by atoms with Gasteiger partial charge in [0.1, 0.15) is 23.8 Å². The van der Waals surface area contributed by atoms with E-state index in [-0.39, 0.29) is 29.8 Å². The maximum atomic E-state index is 13.6. The van der Waals surface area contributed by atoms with Gasteiger partial charge in [-0.05, 0) is 72.0 Å². The van der Waals surface area contributed by atoms with Gasteiger partial charge in [0.25, 0.3) is 5.91 Å². The van der Waals surface area contributed by atoms with Gasteiger partial charge in [0, 0.05) is 25.5 Å². The van der Waals surface area contributed by atoms with Crippen LogP contribution in [0.4, 0.5) is 0 Å². The van der Waals surface area contributed by atoms with Gasteiger partial charge in [-0.3, -0.25) is 9.59 Å². The predicted molar refractivity (Wildman–Crippen MR) is 150 cm³/mol. The Morgan fingerprint density at radius 1 is 1.17 bits per heavy atom. The summed E-state index contributed by atoms with van der Waals surface area (Å²) in [6.07, 6.45) is 6.25. The highest BCUT2D eigenvalue weighted by atomic mass is 16.5. The average molecular weight is 555 g/mol. The third-order valence-corrected chi connectivity index (χ3v) is 7.34. The minimum atomic E-state index is -0.406. The van der Waals surface area contributed by atoms with Crippen LogP contribution >= 0.6 is 0 Å². The van der Waals surface area contributed by atoms with E-state index in [0.29, 0.717) is 55.5 Å². The summed E-state index contributed by atoms with van der Waals surface area (Å²) in [5.41, 5.74) is 2.97. The first-order valence-corrected chi connectivity index (χ1v) is 13.5. The molecule has 0 fully saturated rings. The second-order valence-corrected chi connectivity index (χ2v) is 9.99. The second-order valence-electron chi connectivity index (χ2n) is 9.99. The number of hydrogen-bond acceptors (Lipinski definition) is 7. The smallest absolute Gasteiger partial charge is 0.255 e. The summed E-state index contributed by atoms with van der Waals surface area (Å²) < 4.78 is 19.7. The number of fused-ring (bicyclic) bond motifs is 6. The number of phenolic OH excluding ortho intramolecular Hbond substituents is 1. The van der Waals surface area contributed by atoms with Crippen LogP contribution < -0.4 is 19.5 Å². The number of carbonyl (C=O) groups is 2. The molecule has 0 aliphatic carbocycles. The lowest BCUT2D eigenvalue weighted by Crippen LogP contribution is -2.42. The van der Waals surface area contributed by atoms with Crippen LogP contribution in [0.1, 0.15) is 39.5 Å². The fourth-order valence-corrected chi connectivity index (χ4v) is 5.34. The number of hydrogen-bond donors (Lipinski definition) is 2. The lowest BCUT2D eigenvalue weighted by Gasteiger charge is -2.38. The highest BCUT2D eigenvalue weighted by Gasteiger charge is 2.34. The fraction of sp³-hybridized carbons (Fsp3) is 0.258. The Bertz CT molecular complexity index is 1590. The van der Waals surface area contributed by atoms with Gasteiger partial charge in [-0.25, -0.2) is 4.98 Å². The van der Waals surface area contributed by atoms with Crippen molar-refractivity contribution in [2.75, 3.05) is 26.8 Å². The summed E-state index contributed by atoms with van der Waals surface area (Å²) in [5.74, 6) is 1.42. The number of rotatable bonds is 3. The minimum Gasteiger partial charge on any atom is -0.507 e. The molecule has 4 heterocycles. The third kappa shape index (κ3) is 5.41. The molecule has 210 valence electrons. The van der Waals surface area contributed by atoms with Crippen LogP contribution in [0.2, 0.25) is 0 Å². The fourth-order valence-electron chi connectivity index (χ4n) is 5.34. The molecule has 3 aliphatic heterocycles. The van der Waals surface area contributed by atoms with Crippen molar-refractivity contribution in [3.8, 4) is 28.7 Å². The van der Waals surface area contributed by atoms with Crippen molar-refractivity contribution in [1.82, 2.24) is 19.8 Å². The second kappa shape index (κ2) is 11.2. The van der Waals surface area contributed by atoms with Crippen LogP contribution in [-0.4, -0.2) is 58.2 Å². The molecule has 0 spiro atoms. The standard InChI is InChI=1S/C31H30N4O6/c1-39-27-17-24-20-8-11-35(29(37)18-34-12-10-32-19-34)30(24)21-4-2-5-22(14-21)40-13-3-9-33-31(38)25-16-23(6-7-26(25)36)41-28(27)15-20/h2,4-7,10,12,14-17,19,30,36H,3,8-9,11,13,18H2,1H3,(H,33,38). The first-order chi connectivity index (χ1) is 20.0. The molecule has 0 saturated carbocycles. The molecular weight excluding hydrogens is 524 g/mol. The number of nitrogens with zero attached hydrogens (tertiary/aromatic N) is 3. The Kier molecular flexibility index (Phi) is 7.20. The first kappa shape index (κ1) is 26.2. The van der Waals surface area contributed by atoms with E-state index in [2.05, 4.69) is 10.3 Å². The van der Waals surface area contributed by atoms with Crippen molar-refractivity contribution in [2.24, 2.45) is 0 Å². The van der Waals surface area contributed by atoms with Crippen molar-refractivity contribution < 1.29 is 28.9 Å². The van der Waals surface area contributed by atoms with E-state index >= 15 is 0 Å². The normalized spacial score (nSPS) is 16.6. The molecule has 1 aromatic heterocycles. The molecule has 0 saturated heterocycles. The lowest BCUT2D eigenvalue weighted by atomic mass is 9.87. The maximum Gasteiger partial charge on any atom is 0.255 e. The quantitative estimate of drug-likeness (QED) is 0.392. The molecule has 2 amide bonds. The number of ether oxygens (including phenoxy) is 3. The number of methoxy groups -OCH3 is 1. The zero-order chi connectivity index (χ0) is 28.3. The molecule has 1 atom stereocenters. The Morgan fingerprint density at radius 3 is 2.90 bits per heavy atom. The van der Waals surface area contributed by atoms with Gasteiger partial charge in [-0.2, -0.15) is 0 Å². The Balaban J connectivity index is 1.46. The van der Waals surface area contributed by atoms with Crippen molar-refractivity contribution in [3.63, 3.8) is 0 Å². The summed E-state index contributed by atoms with van der Waals surface area (Å²) in [7, 11) is 1.56. The van der Waals surface area contributed by atoms with Crippen LogP contribution in [0.15, 0.2) is 73.3 Å². The molecular formula is C31H30N4O6. The van der Waals surface area contributed by atoms with Crippen LogP contribution in [-0.2, 0) is 17.8 Å². The monoisotopic (exact) mass is 554 g/mol. The van der Waals surface area contributed by atoms with E-state index in [1.54, 1.807) is 36.5 Å². The molecule has 41 heavy (non-hydrogen) atoms. The van der Waals surface area contributed by atoms with Gasteiger partial charge in [0.2, 0.25) is 5.91 Å². The van der Waals surface area contributed by atoms with Gasteiger partial charge in [0.15, 0.2) is 11.5 Å². The van der Waals surface area contributed by atoms with Gasteiger partial charge in [-0.1, -0.05) is 12.1 Å². The molecule has 3 aromatic carbocycles. The number of aromatic hydroxyl groups is 1. The summed E-state index contributed by atoms with van der Waals surface area (Å²) in [4.78, 5) is 32.4. The number of imidazole rings is 1. The van der Waals surface area contributed by atoms with Gasteiger partial charge >= 0.3 is 0 Å². The molecule has 8 bridgehead atoms. The zero-order valence-corrected chi connectivity index (χ0v) is 22.6. The topological polar surface area (TPSA) is 115 Å². The largest absolute Gasteiger partial charge is 0.507 e. The lowest BCUT2D eigenvalue weighted by molar-refractivity contribution is -0.134. The van der Waals surface area contributed by atoms with Gasteiger partial charge < -0.3 is 34.1 Å². The molecule has 3 aliphatic rings. The van der Waals surface area contributed by atoms with Gasteiger partial charge in [0.05, 0.1) is 31.6 Å². The Labute approximate surface area is 237 Å². The molecule has 10 nitrogen and oxygen atoms in total. The zero-order valence-electron chi connectivity index (χ0n) is 22.6. The third-order valence-electron chi connectivity index (χ3n) is 7.34. The summed E-state index contributed by atoms with van der Waals surface area (Å²) in [6.45, 7) is 1.42. The van der Waals surface area contributed by atoms with E-state index in [1.807, 2.05) is 41.3 Å². The number of carbonyl (C=O) groups excluding carboxylic acids is 2. The van der Waals surface area contributed by atoms with Crippen LogP contribution in [0.3, 0.4) is 0 Å². The Hall–Kier alpha value is -4.99. The van der Waals surface area contributed by atoms with E-state index in [0.717, 1.165) is 16.7 Å². The average Bonchev–Trinajstić information content (AvgIpc) is 3.49. The number of benzene rings is 3. The van der Waals surface area contributed by atoms with Crippen molar-refractivity contribution in [2.45, 2.75) is 25.4 Å². The summed E-state index contributed by atoms with van der Waals surface area (Å²) >= 11 is 0. The van der Waals surface area contributed by atoms with E-state index in [1.165, 1.54) is 12.1 Å².